The SMILES string of the molecule is COCc1nc(C(=O)NCc2ccccc2NS(C)(=O)=O)cs1. The highest BCUT2D eigenvalue weighted by molar-refractivity contribution is 7.92. The van der Waals surface area contributed by atoms with Crippen molar-refractivity contribution in [3.8, 4) is 0 Å². The second-order valence-corrected chi connectivity index (χ2v) is 7.46. The normalized spacial score (nSPS) is 11.2. The number of aromatic nitrogens is 1. The molecular weight excluding hydrogens is 338 g/mol. The van der Waals surface area contributed by atoms with Crippen LogP contribution in [0, 0.1) is 0 Å². The number of hydrogen-bond acceptors (Lipinski definition) is 6. The lowest BCUT2D eigenvalue weighted by Gasteiger charge is -2.11. The standard InChI is InChI=1S/C14H17N3O4S2/c1-21-8-13-16-12(9-22-13)14(18)15-7-10-5-3-4-6-11(10)17-23(2,19)20/h3-6,9,17H,7-8H2,1-2H3,(H,15,18). The lowest BCUT2D eigenvalue weighted by molar-refractivity contribution is 0.0946. The first kappa shape index (κ1) is 17.4. The molecule has 0 aliphatic rings. The quantitative estimate of drug-likeness (QED) is 0.786. The predicted molar refractivity (Wildman–Crippen MR) is 88.9 cm³/mol. The third-order valence-corrected chi connectivity index (χ3v) is 4.22. The summed E-state index contributed by atoms with van der Waals surface area (Å²) >= 11 is 1.35. The van der Waals surface area contributed by atoms with Crippen LogP contribution < -0.4 is 10.0 Å². The van der Waals surface area contributed by atoms with E-state index in [9.17, 15) is 13.2 Å². The molecule has 0 saturated heterocycles. The molecule has 0 saturated carbocycles. The summed E-state index contributed by atoms with van der Waals surface area (Å²) in [5, 5.41) is 5.10. The van der Waals surface area contributed by atoms with Crippen molar-refractivity contribution in [3.05, 3.63) is 45.9 Å². The first-order valence-electron chi connectivity index (χ1n) is 6.66. The predicted octanol–water partition coefficient (Wildman–Crippen LogP) is 1.59. The topological polar surface area (TPSA) is 97.4 Å². The lowest BCUT2D eigenvalue weighted by atomic mass is 10.2. The third-order valence-electron chi connectivity index (χ3n) is 2.80. The molecule has 0 spiro atoms. The zero-order valence-corrected chi connectivity index (χ0v) is 14.3. The van der Waals surface area contributed by atoms with Gasteiger partial charge in [0, 0.05) is 19.0 Å². The van der Waals surface area contributed by atoms with Crippen LogP contribution in [0.2, 0.25) is 0 Å². The Balaban J connectivity index is 2.04. The number of ether oxygens (including phenoxy) is 1. The van der Waals surface area contributed by atoms with Crippen molar-refractivity contribution in [1.82, 2.24) is 10.3 Å². The Morgan fingerprint density at radius 1 is 1.35 bits per heavy atom. The molecule has 1 heterocycles. The highest BCUT2D eigenvalue weighted by Gasteiger charge is 2.12. The van der Waals surface area contributed by atoms with Gasteiger partial charge in [-0.15, -0.1) is 11.3 Å². The van der Waals surface area contributed by atoms with Gasteiger partial charge in [-0.1, -0.05) is 18.2 Å². The summed E-state index contributed by atoms with van der Waals surface area (Å²) in [5.41, 5.74) is 1.42. The number of amides is 1. The number of methoxy groups -OCH3 is 1. The van der Waals surface area contributed by atoms with Crippen LogP contribution >= 0.6 is 11.3 Å². The zero-order valence-electron chi connectivity index (χ0n) is 12.7. The molecule has 1 aromatic heterocycles. The molecule has 2 aromatic rings. The summed E-state index contributed by atoms with van der Waals surface area (Å²) in [6.45, 7) is 0.549. The van der Waals surface area contributed by atoms with Crippen LogP contribution in [0.25, 0.3) is 0 Å². The van der Waals surface area contributed by atoms with Crippen LogP contribution in [0.15, 0.2) is 29.6 Å². The van der Waals surface area contributed by atoms with E-state index >= 15 is 0 Å². The molecule has 23 heavy (non-hydrogen) atoms. The molecule has 0 atom stereocenters. The number of carbonyl (C=O) groups excluding carboxylic acids is 1. The fourth-order valence-electron chi connectivity index (χ4n) is 1.84. The summed E-state index contributed by atoms with van der Waals surface area (Å²) in [6, 6.07) is 6.87. The Morgan fingerprint density at radius 3 is 2.78 bits per heavy atom. The van der Waals surface area contributed by atoms with Gasteiger partial charge in [-0.05, 0) is 11.6 Å². The van der Waals surface area contributed by atoms with Crippen LogP contribution in [0.3, 0.4) is 0 Å². The molecule has 0 radical (unpaired) electrons. The molecule has 1 aromatic carbocycles. The van der Waals surface area contributed by atoms with Crippen LogP contribution in [-0.4, -0.2) is 32.7 Å². The number of anilines is 1. The highest BCUT2D eigenvalue weighted by atomic mass is 32.2. The molecule has 124 valence electrons. The van der Waals surface area contributed by atoms with Crippen molar-refractivity contribution in [1.29, 1.82) is 0 Å². The van der Waals surface area contributed by atoms with Crippen LogP contribution in [0.1, 0.15) is 21.1 Å². The summed E-state index contributed by atoms with van der Waals surface area (Å²) in [7, 11) is -1.82. The van der Waals surface area contributed by atoms with E-state index in [0.29, 0.717) is 23.6 Å². The second kappa shape index (κ2) is 7.53. The largest absolute Gasteiger partial charge is 0.378 e. The van der Waals surface area contributed by atoms with E-state index in [0.717, 1.165) is 11.3 Å². The minimum atomic E-state index is -3.38. The van der Waals surface area contributed by atoms with Crippen molar-refractivity contribution in [3.63, 3.8) is 0 Å². The molecule has 2 rings (SSSR count). The number of benzene rings is 1. The average Bonchev–Trinajstić information content (AvgIpc) is 2.93. The van der Waals surface area contributed by atoms with Crippen molar-refractivity contribution in [2.24, 2.45) is 0 Å². The van der Waals surface area contributed by atoms with E-state index in [1.54, 1.807) is 36.8 Å². The molecule has 0 aliphatic heterocycles. The van der Waals surface area contributed by atoms with E-state index in [1.165, 1.54) is 11.3 Å². The van der Waals surface area contributed by atoms with Gasteiger partial charge in [0.1, 0.15) is 10.7 Å². The van der Waals surface area contributed by atoms with Gasteiger partial charge < -0.3 is 10.1 Å². The van der Waals surface area contributed by atoms with Gasteiger partial charge in [-0.3, -0.25) is 9.52 Å². The van der Waals surface area contributed by atoms with Gasteiger partial charge in [-0.2, -0.15) is 0 Å². The Bertz CT molecular complexity index is 787. The lowest BCUT2D eigenvalue weighted by Crippen LogP contribution is -2.24. The van der Waals surface area contributed by atoms with Crippen LogP contribution in [0.4, 0.5) is 5.69 Å². The third kappa shape index (κ3) is 5.31. The molecule has 0 bridgehead atoms. The van der Waals surface area contributed by atoms with Crippen LogP contribution in [-0.2, 0) is 27.9 Å². The number of carbonyl (C=O) groups is 1. The number of para-hydroxylation sites is 1. The number of nitrogens with one attached hydrogen (secondary N) is 2. The van der Waals surface area contributed by atoms with Gasteiger partial charge in [-0.25, -0.2) is 13.4 Å². The summed E-state index contributed by atoms with van der Waals surface area (Å²) in [5.74, 6) is -0.322. The number of sulfonamides is 1. The van der Waals surface area contributed by atoms with Crippen LogP contribution in [0.5, 0.6) is 0 Å². The molecule has 9 heteroatoms. The monoisotopic (exact) mass is 355 g/mol. The summed E-state index contributed by atoms with van der Waals surface area (Å²) in [6.07, 6.45) is 1.08. The fourth-order valence-corrected chi connectivity index (χ4v) is 3.19. The maximum absolute atomic E-state index is 12.1. The van der Waals surface area contributed by atoms with Gasteiger partial charge in [0.2, 0.25) is 10.0 Å². The van der Waals surface area contributed by atoms with E-state index in [4.69, 9.17) is 4.74 Å². The number of nitrogens with zero attached hydrogens (tertiary/aromatic N) is 1. The second-order valence-electron chi connectivity index (χ2n) is 4.77. The van der Waals surface area contributed by atoms with Gasteiger partial charge in [0.15, 0.2) is 0 Å². The summed E-state index contributed by atoms with van der Waals surface area (Å²) < 4.78 is 30.1. The average molecular weight is 355 g/mol. The smallest absolute Gasteiger partial charge is 0.271 e. The molecule has 1 amide bonds. The fraction of sp³-hybridized carbons (Fsp3) is 0.286. The van der Waals surface area contributed by atoms with Crippen molar-refractivity contribution in [2.75, 3.05) is 18.1 Å². The Labute approximate surface area is 138 Å². The van der Waals surface area contributed by atoms with E-state index in [2.05, 4.69) is 15.0 Å². The van der Waals surface area contributed by atoms with Gasteiger partial charge >= 0.3 is 0 Å². The maximum atomic E-state index is 12.1. The molecule has 0 aliphatic carbocycles. The van der Waals surface area contributed by atoms with Crippen molar-refractivity contribution < 1.29 is 17.9 Å². The minimum absolute atomic E-state index is 0.189. The van der Waals surface area contributed by atoms with Gasteiger partial charge in [0.25, 0.3) is 5.91 Å². The highest BCUT2D eigenvalue weighted by Crippen LogP contribution is 2.16. The zero-order chi connectivity index (χ0) is 16.9. The number of thiazole rings is 1. The molecule has 0 fully saturated rings. The van der Waals surface area contributed by atoms with E-state index in [1.807, 2.05) is 0 Å². The maximum Gasteiger partial charge on any atom is 0.271 e. The van der Waals surface area contributed by atoms with Gasteiger partial charge in [0.05, 0.1) is 18.6 Å². The van der Waals surface area contributed by atoms with Crippen molar-refractivity contribution >= 4 is 33.0 Å². The first-order chi connectivity index (χ1) is 10.9. The Hall–Kier alpha value is -1.97. The van der Waals surface area contributed by atoms with E-state index < -0.39 is 10.0 Å². The number of rotatable bonds is 7. The number of hydrogen-bond donors (Lipinski definition) is 2. The Morgan fingerprint density at radius 2 is 2.09 bits per heavy atom. The Kier molecular flexibility index (Phi) is 5.69. The molecule has 7 nitrogen and oxygen atoms in total. The summed E-state index contributed by atoms with van der Waals surface area (Å²) in [4.78, 5) is 16.2. The molecule has 2 N–H and O–H groups in total. The van der Waals surface area contributed by atoms with Crippen molar-refractivity contribution in [2.45, 2.75) is 13.2 Å². The first-order valence-corrected chi connectivity index (χ1v) is 9.43. The minimum Gasteiger partial charge on any atom is -0.378 e. The van der Waals surface area contributed by atoms with E-state index in [-0.39, 0.29) is 12.5 Å². The molecular formula is C14H17N3O4S2. The molecule has 0 unspecified atom stereocenters.